The van der Waals surface area contributed by atoms with Crippen LogP contribution in [0.25, 0.3) is 10.9 Å². The van der Waals surface area contributed by atoms with E-state index in [-0.39, 0.29) is 30.2 Å². The van der Waals surface area contributed by atoms with Gasteiger partial charge in [-0.3, -0.25) is 4.98 Å². The first-order chi connectivity index (χ1) is 7.09. The average Bonchev–Trinajstić information content (AvgIpc) is 2.23. The van der Waals surface area contributed by atoms with Gasteiger partial charge in [-0.1, -0.05) is 6.07 Å². The minimum atomic E-state index is -0.0141. The number of nitrogens with two attached hydrogens (primary N) is 1. The standard InChI is InChI=1S/C12H13ClN2.2ClH/c1-7-11(14)4-3-9-5-10(8(2)13)6-15-12(7)9;;/h3-6,8H,14H2,1-2H3;2*1H. The zero-order valence-electron chi connectivity index (χ0n) is 9.61. The maximum Gasteiger partial charge on any atom is 0.0751 e. The molecule has 0 aliphatic heterocycles. The number of rotatable bonds is 1. The molecular formula is C12H15Cl3N2. The molecule has 94 valence electrons. The zero-order chi connectivity index (χ0) is 11.0. The van der Waals surface area contributed by atoms with Gasteiger partial charge in [-0.15, -0.1) is 36.4 Å². The summed E-state index contributed by atoms with van der Waals surface area (Å²) in [4.78, 5) is 4.40. The molecule has 0 spiro atoms. The van der Waals surface area contributed by atoms with Gasteiger partial charge >= 0.3 is 0 Å². The molecule has 1 unspecified atom stereocenters. The Labute approximate surface area is 118 Å². The van der Waals surface area contributed by atoms with Gasteiger partial charge in [0.05, 0.1) is 10.9 Å². The molecule has 2 N–H and O–H groups in total. The monoisotopic (exact) mass is 292 g/mol. The van der Waals surface area contributed by atoms with Gasteiger partial charge in [0.15, 0.2) is 0 Å². The second kappa shape index (κ2) is 6.29. The van der Waals surface area contributed by atoms with Crippen LogP contribution in [0.3, 0.4) is 0 Å². The van der Waals surface area contributed by atoms with E-state index in [0.717, 1.165) is 27.7 Å². The minimum absolute atomic E-state index is 0. The molecule has 1 atom stereocenters. The van der Waals surface area contributed by atoms with Crippen molar-refractivity contribution in [1.29, 1.82) is 0 Å². The van der Waals surface area contributed by atoms with Gasteiger partial charge in [0.25, 0.3) is 0 Å². The van der Waals surface area contributed by atoms with Crippen molar-refractivity contribution in [2.75, 3.05) is 5.73 Å². The lowest BCUT2D eigenvalue weighted by molar-refractivity contribution is 1.07. The number of pyridine rings is 1. The topological polar surface area (TPSA) is 38.9 Å². The fraction of sp³-hybridized carbons (Fsp3) is 0.250. The number of alkyl halides is 1. The third kappa shape index (κ3) is 3.15. The van der Waals surface area contributed by atoms with Crippen molar-refractivity contribution in [1.82, 2.24) is 4.98 Å². The lowest BCUT2D eigenvalue weighted by atomic mass is 10.1. The molecule has 0 radical (unpaired) electrons. The molecular weight excluding hydrogens is 279 g/mol. The Balaban J connectivity index is 0.00000128. The summed E-state index contributed by atoms with van der Waals surface area (Å²) in [6.07, 6.45) is 1.81. The third-order valence-corrected chi connectivity index (χ3v) is 2.88. The third-order valence-electron chi connectivity index (χ3n) is 2.63. The summed E-state index contributed by atoms with van der Waals surface area (Å²) >= 11 is 6.01. The van der Waals surface area contributed by atoms with Crippen LogP contribution in [-0.4, -0.2) is 4.98 Å². The fourth-order valence-corrected chi connectivity index (χ4v) is 1.72. The lowest BCUT2D eigenvalue weighted by Crippen LogP contribution is -1.94. The molecule has 1 aromatic carbocycles. The first kappa shape index (κ1) is 16.3. The number of aromatic nitrogens is 1. The van der Waals surface area contributed by atoms with E-state index in [2.05, 4.69) is 11.1 Å². The summed E-state index contributed by atoms with van der Waals surface area (Å²) in [6.45, 7) is 3.92. The second-order valence-corrected chi connectivity index (χ2v) is 4.39. The van der Waals surface area contributed by atoms with E-state index in [1.54, 1.807) is 0 Å². The highest BCUT2D eigenvalue weighted by Gasteiger charge is 2.06. The van der Waals surface area contributed by atoms with E-state index in [9.17, 15) is 0 Å². The maximum atomic E-state index is 6.01. The lowest BCUT2D eigenvalue weighted by Gasteiger charge is -2.07. The fourth-order valence-electron chi connectivity index (χ4n) is 1.60. The molecule has 2 aromatic rings. The van der Waals surface area contributed by atoms with Gasteiger partial charge in [-0.25, -0.2) is 0 Å². The van der Waals surface area contributed by atoms with Crippen molar-refractivity contribution >= 4 is 53.0 Å². The number of nitrogen functional groups attached to an aromatic ring is 1. The number of anilines is 1. The number of hydrogen-bond acceptors (Lipinski definition) is 2. The molecule has 17 heavy (non-hydrogen) atoms. The summed E-state index contributed by atoms with van der Waals surface area (Å²) < 4.78 is 0. The van der Waals surface area contributed by atoms with Crippen molar-refractivity contribution in [3.05, 3.63) is 35.5 Å². The van der Waals surface area contributed by atoms with Gasteiger partial charge in [0.2, 0.25) is 0 Å². The molecule has 0 aliphatic rings. The summed E-state index contributed by atoms with van der Waals surface area (Å²) in [5.41, 5.74) is 9.62. The number of aryl methyl sites for hydroxylation is 1. The summed E-state index contributed by atoms with van der Waals surface area (Å²) in [5.74, 6) is 0. The van der Waals surface area contributed by atoms with Crippen LogP contribution >= 0.6 is 36.4 Å². The van der Waals surface area contributed by atoms with Crippen molar-refractivity contribution < 1.29 is 0 Å². The Morgan fingerprint density at radius 2 is 1.94 bits per heavy atom. The number of fused-ring (bicyclic) bond motifs is 1. The van der Waals surface area contributed by atoms with Crippen LogP contribution in [0.1, 0.15) is 23.4 Å². The molecule has 2 rings (SSSR count). The van der Waals surface area contributed by atoms with Gasteiger partial charge in [0, 0.05) is 17.3 Å². The van der Waals surface area contributed by atoms with E-state index < -0.39 is 0 Å². The van der Waals surface area contributed by atoms with Crippen LogP contribution in [0.2, 0.25) is 0 Å². The smallest absolute Gasteiger partial charge is 0.0751 e. The summed E-state index contributed by atoms with van der Waals surface area (Å²) in [5, 5.41) is 1.08. The van der Waals surface area contributed by atoms with Crippen molar-refractivity contribution in [3.63, 3.8) is 0 Å². The van der Waals surface area contributed by atoms with E-state index in [4.69, 9.17) is 17.3 Å². The van der Waals surface area contributed by atoms with Gasteiger partial charge < -0.3 is 5.73 Å². The Morgan fingerprint density at radius 3 is 2.53 bits per heavy atom. The Morgan fingerprint density at radius 1 is 1.29 bits per heavy atom. The van der Waals surface area contributed by atoms with Gasteiger partial charge in [-0.05, 0) is 37.1 Å². The van der Waals surface area contributed by atoms with Crippen LogP contribution < -0.4 is 5.73 Å². The first-order valence-corrected chi connectivity index (χ1v) is 5.32. The molecule has 0 aliphatic carbocycles. The molecule has 0 bridgehead atoms. The van der Waals surface area contributed by atoms with E-state index in [0.29, 0.717) is 0 Å². The van der Waals surface area contributed by atoms with Crippen molar-refractivity contribution in [2.45, 2.75) is 19.2 Å². The molecule has 5 heteroatoms. The molecule has 0 saturated carbocycles. The van der Waals surface area contributed by atoms with E-state index in [1.165, 1.54) is 0 Å². The molecule has 2 nitrogen and oxygen atoms in total. The van der Waals surface area contributed by atoms with E-state index in [1.807, 2.05) is 32.2 Å². The summed E-state index contributed by atoms with van der Waals surface area (Å²) in [6, 6.07) is 5.95. The molecule has 1 heterocycles. The van der Waals surface area contributed by atoms with Gasteiger partial charge in [0.1, 0.15) is 0 Å². The van der Waals surface area contributed by atoms with Crippen LogP contribution in [0.15, 0.2) is 24.4 Å². The Bertz CT molecular complexity index is 512. The van der Waals surface area contributed by atoms with Crippen LogP contribution in [0, 0.1) is 6.92 Å². The molecule has 0 amide bonds. The van der Waals surface area contributed by atoms with Crippen LogP contribution in [-0.2, 0) is 0 Å². The second-order valence-electron chi connectivity index (χ2n) is 3.74. The van der Waals surface area contributed by atoms with Crippen molar-refractivity contribution in [3.8, 4) is 0 Å². The van der Waals surface area contributed by atoms with Crippen LogP contribution in [0.4, 0.5) is 5.69 Å². The average molecular weight is 294 g/mol. The summed E-state index contributed by atoms with van der Waals surface area (Å²) in [7, 11) is 0. The minimum Gasteiger partial charge on any atom is -0.398 e. The maximum absolute atomic E-state index is 6.01. The van der Waals surface area contributed by atoms with Crippen LogP contribution in [0.5, 0.6) is 0 Å². The highest BCUT2D eigenvalue weighted by molar-refractivity contribution is 6.20. The SMILES string of the molecule is Cc1c(N)ccc2cc(C(C)Cl)cnc12.Cl.Cl. The Kier molecular flexibility index (Phi) is 6.03. The zero-order valence-corrected chi connectivity index (χ0v) is 12.0. The molecule has 1 aromatic heterocycles. The quantitative estimate of drug-likeness (QED) is 0.630. The van der Waals surface area contributed by atoms with Gasteiger partial charge in [-0.2, -0.15) is 0 Å². The predicted octanol–water partition coefficient (Wildman–Crippen LogP) is 4.27. The number of halogens is 3. The largest absolute Gasteiger partial charge is 0.398 e. The highest BCUT2D eigenvalue weighted by atomic mass is 35.5. The first-order valence-electron chi connectivity index (χ1n) is 4.88. The normalized spacial score (nSPS) is 11.5. The van der Waals surface area contributed by atoms with Crippen molar-refractivity contribution in [2.24, 2.45) is 0 Å². The number of benzene rings is 1. The number of hydrogen-bond donors (Lipinski definition) is 1. The highest BCUT2D eigenvalue weighted by Crippen LogP contribution is 2.26. The molecule has 0 fully saturated rings. The Hall–Kier alpha value is -0.700. The molecule has 0 saturated heterocycles. The number of nitrogens with zero attached hydrogens (tertiary/aromatic N) is 1. The predicted molar refractivity (Wildman–Crippen MR) is 79.7 cm³/mol. The van der Waals surface area contributed by atoms with E-state index >= 15 is 0 Å².